The summed E-state index contributed by atoms with van der Waals surface area (Å²) in [6.45, 7) is 2.06. The Morgan fingerprint density at radius 3 is 2.57 bits per heavy atom. The van der Waals surface area contributed by atoms with E-state index in [0.717, 1.165) is 38.5 Å². The summed E-state index contributed by atoms with van der Waals surface area (Å²) in [7, 11) is 0. The first-order valence-corrected chi connectivity index (χ1v) is 10.3. The molecule has 1 fully saturated rings. The molecule has 156 valence electrons. The van der Waals surface area contributed by atoms with E-state index in [0.29, 0.717) is 16.5 Å². The van der Waals surface area contributed by atoms with Gasteiger partial charge in [-0.15, -0.1) is 0 Å². The van der Waals surface area contributed by atoms with Crippen molar-refractivity contribution in [2.24, 2.45) is 0 Å². The Morgan fingerprint density at radius 2 is 1.83 bits per heavy atom. The van der Waals surface area contributed by atoms with Crippen molar-refractivity contribution < 1.29 is 14.3 Å². The third-order valence-corrected chi connectivity index (χ3v) is 6.22. The molecule has 1 aliphatic rings. The fourth-order valence-electron chi connectivity index (χ4n) is 4.45. The summed E-state index contributed by atoms with van der Waals surface area (Å²) < 4.78 is 14.9. The number of amides is 1. The topological polar surface area (TPSA) is 82.2 Å². The molecule has 1 saturated carbocycles. The molecule has 0 atom stereocenters. The van der Waals surface area contributed by atoms with Crippen molar-refractivity contribution in [2.75, 3.05) is 5.32 Å². The molecule has 5 nitrogen and oxygen atoms in total. The summed E-state index contributed by atoms with van der Waals surface area (Å²) in [6.07, 6.45) is 7.47. The Labute approximate surface area is 174 Å². The molecular weight excluding hydrogens is 383 g/mol. The number of hydrogen-bond donors (Lipinski definition) is 3. The second-order valence-electron chi connectivity index (χ2n) is 8.36. The molecule has 1 aliphatic carbocycles. The van der Waals surface area contributed by atoms with Crippen molar-refractivity contribution in [1.82, 2.24) is 4.98 Å². The monoisotopic (exact) mass is 408 g/mol. The van der Waals surface area contributed by atoms with Crippen LogP contribution >= 0.6 is 0 Å². The van der Waals surface area contributed by atoms with E-state index >= 15 is 0 Å². The predicted octanol–water partition coefficient (Wildman–Crippen LogP) is 5.24. The normalized spacial score (nSPS) is 16.2. The maximum atomic E-state index is 14.9. The van der Waals surface area contributed by atoms with Crippen molar-refractivity contribution in [3.05, 3.63) is 69.8 Å². The molecule has 1 aromatic heterocycles. The van der Waals surface area contributed by atoms with Crippen LogP contribution in [0.2, 0.25) is 0 Å². The molecule has 0 radical (unpaired) electrons. The molecule has 30 heavy (non-hydrogen) atoms. The molecule has 0 bridgehead atoms. The standard InChI is InChI=1S/C24H25FN2O3/c1-24(10-6-2-3-7-11-24)17-12-18(25)20(13-21(17)28)27-23(30)16-14-26-19-9-5-4-8-15(19)22(16)29/h4-5,8-9,12-14,28H,2-3,6-7,10-11H2,1H3,(H,26,29)(H,27,30). The number of hydrogen-bond acceptors (Lipinski definition) is 3. The van der Waals surface area contributed by atoms with Crippen LogP contribution in [-0.2, 0) is 5.41 Å². The van der Waals surface area contributed by atoms with Gasteiger partial charge in [0.05, 0.1) is 5.69 Å². The van der Waals surface area contributed by atoms with Gasteiger partial charge in [-0.1, -0.05) is 44.7 Å². The van der Waals surface area contributed by atoms with E-state index in [4.69, 9.17) is 0 Å². The average molecular weight is 408 g/mol. The SMILES string of the molecule is CC1(c2cc(F)c(NC(=O)c3c[nH]c4ccccc4c3=O)cc2O)CCCCCC1. The smallest absolute Gasteiger partial charge is 0.261 e. The summed E-state index contributed by atoms with van der Waals surface area (Å²) in [5.74, 6) is -1.39. The van der Waals surface area contributed by atoms with Crippen LogP contribution in [0.1, 0.15) is 61.4 Å². The molecule has 0 spiro atoms. The number of carbonyl (C=O) groups is 1. The summed E-state index contributed by atoms with van der Waals surface area (Å²) in [4.78, 5) is 28.2. The van der Waals surface area contributed by atoms with Crippen LogP contribution in [0.4, 0.5) is 10.1 Å². The number of rotatable bonds is 3. The number of carbonyl (C=O) groups excluding carboxylic acids is 1. The van der Waals surface area contributed by atoms with Crippen molar-refractivity contribution in [2.45, 2.75) is 50.9 Å². The molecule has 4 rings (SSSR count). The second-order valence-corrected chi connectivity index (χ2v) is 8.36. The quantitative estimate of drug-likeness (QED) is 0.519. The third-order valence-electron chi connectivity index (χ3n) is 6.22. The van der Waals surface area contributed by atoms with Crippen molar-refractivity contribution in [1.29, 1.82) is 0 Å². The highest BCUT2D eigenvalue weighted by molar-refractivity contribution is 6.05. The van der Waals surface area contributed by atoms with E-state index in [2.05, 4.69) is 17.2 Å². The molecule has 2 aromatic carbocycles. The Bertz CT molecular complexity index is 1160. The maximum absolute atomic E-state index is 14.9. The minimum absolute atomic E-state index is 0.0384. The van der Waals surface area contributed by atoms with E-state index in [9.17, 15) is 19.1 Å². The average Bonchev–Trinajstić information content (AvgIpc) is 2.96. The summed E-state index contributed by atoms with van der Waals surface area (Å²) in [5, 5.41) is 13.4. The highest BCUT2D eigenvalue weighted by atomic mass is 19.1. The van der Waals surface area contributed by atoms with Crippen molar-refractivity contribution in [3.8, 4) is 5.75 Å². The van der Waals surface area contributed by atoms with E-state index in [1.54, 1.807) is 24.3 Å². The number of halogens is 1. The number of aromatic amines is 1. The van der Waals surface area contributed by atoms with Gasteiger partial charge in [0.2, 0.25) is 5.43 Å². The molecule has 3 N–H and O–H groups in total. The van der Waals surface area contributed by atoms with Gasteiger partial charge in [-0.3, -0.25) is 9.59 Å². The van der Waals surface area contributed by atoms with Gasteiger partial charge in [0.15, 0.2) is 0 Å². The molecular formula is C24H25FN2O3. The number of phenols is 1. The van der Waals surface area contributed by atoms with Gasteiger partial charge >= 0.3 is 0 Å². The molecule has 0 saturated heterocycles. The van der Waals surface area contributed by atoms with Crippen LogP contribution in [0, 0.1) is 5.82 Å². The fourth-order valence-corrected chi connectivity index (χ4v) is 4.45. The van der Waals surface area contributed by atoms with Gasteiger partial charge in [0.25, 0.3) is 5.91 Å². The van der Waals surface area contributed by atoms with E-state index in [1.165, 1.54) is 18.3 Å². The predicted molar refractivity (Wildman–Crippen MR) is 116 cm³/mol. The maximum Gasteiger partial charge on any atom is 0.261 e. The number of para-hydroxylation sites is 1. The van der Waals surface area contributed by atoms with Crippen molar-refractivity contribution in [3.63, 3.8) is 0 Å². The Kier molecular flexibility index (Phi) is 5.33. The van der Waals surface area contributed by atoms with Crippen LogP contribution in [-0.4, -0.2) is 16.0 Å². The first-order valence-electron chi connectivity index (χ1n) is 10.3. The number of aromatic hydroxyl groups is 1. The number of fused-ring (bicyclic) bond motifs is 1. The Hall–Kier alpha value is -3.15. The van der Waals surface area contributed by atoms with Gasteiger partial charge in [-0.05, 0) is 36.5 Å². The van der Waals surface area contributed by atoms with E-state index < -0.39 is 17.2 Å². The van der Waals surface area contributed by atoms with Gasteiger partial charge < -0.3 is 15.4 Å². The zero-order valence-corrected chi connectivity index (χ0v) is 16.9. The Morgan fingerprint density at radius 1 is 1.13 bits per heavy atom. The molecule has 1 heterocycles. The fraction of sp³-hybridized carbons (Fsp3) is 0.333. The number of aromatic nitrogens is 1. The number of nitrogens with one attached hydrogen (secondary N) is 2. The molecule has 3 aromatic rings. The summed E-state index contributed by atoms with van der Waals surface area (Å²) in [5.41, 5.74) is 0.194. The lowest BCUT2D eigenvalue weighted by atomic mass is 9.75. The highest BCUT2D eigenvalue weighted by Crippen LogP contribution is 2.43. The zero-order chi connectivity index (χ0) is 21.3. The number of anilines is 1. The molecule has 1 amide bonds. The van der Waals surface area contributed by atoms with Crippen LogP contribution in [0.25, 0.3) is 10.9 Å². The molecule has 0 aliphatic heterocycles. The van der Waals surface area contributed by atoms with Crippen LogP contribution in [0.15, 0.2) is 47.4 Å². The summed E-state index contributed by atoms with van der Waals surface area (Å²) >= 11 is 0. The van der Waals surface area contributed by atoms with Crippen molar-refractivity contribution >= 4 is 22.5 Å². The first kappa shape index (κ1) is 20.1. The van der Waals surface area contributed by atoms with Gasteiger partial charge in [-0.2, -0.15) is 0 Å². The van der Waals surface area contributed by atoms with Crippen LogP contribution in [0.3, 0.4) is 0 Å². The minimum atomic E-state index is -0.728. The molecule has 0 unspecified atom stereocenters. The van der Waals surface area contributed by atoms with E-state index in [1.807, 2.05) is 0 Å². The number of H-pyrrole nitrogens is 1. The highest BCUT2D eigenvalue weighted by Gasteiger charge is 2.31. The Balaban J connectivity index is 1.64. The van der Waals surface area contributed by atoms with E-state index in [-0.39, 0.29) is 22.4 Å². The lowest BCUT2D eigenvalue weighted by Crippen LogP contribution is -2.23. The van der Waals surface area contributed by atoms with Crippen LogP contribution < -0.4 is 10.7 Å². The lowest BCUT2D eigenvalue weighted by Gasteiger charge is -2.30. The summed E-state index contributed by atoms with van der Waals surface area (Å²) in [6, 6.07) is 9.42. The number of phenolic OH excluding ortho intramolecular Hbond substituents is 1. The minimum Gasteiger partial charge on any atom is -0.508 e. The van der Waals surface area contributed by atoms with Gasteiger partial charge in [0.1, 0.15) is 17.1 Å². The third kappa shape index (κ3) is 3.70. The first-order chi connectivity index (χ1) is 14.4. The number of pyridine rings is 1. The number of benzene rings is 2. The van der Waals surface area contributed by atoms with Crippen LogP contribution in [0.5, 0.6) is 5.75 Å². The lowest BCUT2D eigenvalue weighted by molar-refractivity contribution is 0.102. The largest absolute Gasteiger partial charge is 0.508 e. The molecule has 6 heteroatoms. The zero-order valence-electron chi connectivity index (χ0n) is 16.9. The second kappa shape index (κ2) is 7.94. The van der Waals surface area contributed by atoms with Gasteiger partial charge in [0, 0.05) is 28.7 Å². The van der Waals surface area contributed by atoms with Gasteiger partial charge in [-0.25, -0.2) is 4.39 Å².